The standard InChI is InChI=1S/C16H11ClN2O/c17-13-7-5-12(6-8-13)9-19-10-15(18-11-20)14-3-1-2-4-16(14)19/h1-8,10H,9H2. The van der Waals surface area contributed by atoms with E-state index in [1.165, 1.54) is 0 Å². The van der Waals surface area contributed by atoms with Crippen LogP contribution in [0.2, 0.25) is 5.02 Å². The number of para-hydroxylation sites is 1. The van der Waals surface area contributed by atoms with Crippen molar-refractivity contribution in [2.45, 2.75) is 6.54 Å². The van der Waals surface area contributed by atoms with Gasteiger partial charge in [0.05, 0.1) is 5.52 Å². The molecule has 0 saturated heterocycles. The summed E-state index contributed by atoms with van der Waals surface area (Å²) in [5.74, 6) is 0. The molecule has 0 N–H and O–H groups in total. The van der Waals surface area contributed by atoms with E-state index < -0.39 is 0 Å². The maximum atomic E-state index is 10.5. The van der Waals surface area contributed by atoms with Gasteiger partial charge < -0.3 is 4.57 Å². The first-order valence-electron chi connectivity index (χ1n) is 6.18. The van der Waals surface area contributed by atoms with Gasteiger partial charge in [-0.05, 0) is 23.8 Å². The van der Waals surface area contributed by atoms with E-state index in [1.54, 1.807) is 6.08 Å². The number of rotatable bonds is 3. The minimum absolute atomic E-state index is 0.643. The van der Waals surface area contributed by atoms with Crippen molar-refractivity contribution in [3.8, 4) is 0 Å². The van der Waals surface area contributed by atoms with Gasteiger partial charge in [0.15, 0.2) is 0 Å². The average molecular weight is 283 g/mol. The molecule has 0 unspecified atom stereocenters. The van der Waals surface area contributed by atoms with Crippen LogP contribution in [0.15, 0.2) is 59.7 Å². The van der Waals surface area contributed by atoms with Crippen molar-refractivity contribution in [1.29, 1.82) is 0 Å². The van der Waals surface area contributed by atoms with Crippen LogP contribution < -0.4 is 0 Å². The lowest BCUT2D eigenvalue weighted by molar-refractivity contribution is 0.565. The molecule has 1 heterocycles. The van der Waals surface area contributed by atoms with Crippen molar-refractivity contribution in [1.82, 2.24) is 4.57 Å². The zero-order chi connectivity index (χ0) is 13.9. The van der Waals surface area contributed by atoms with Gasteiger partial charge in [0.25, 0.3) is 0 Å². The zero-order valence-corrected chi connectivity index (χ0v) is 11.3. The quantitative estimate of drug-likeness (QED) is 0.521. The Morgan fingerprint density at radius 1 is 1.10 bits per heavy atom. The maximum absolute atomic E-state index is 10.5. The molecule has 0 amide bonds. The summed E-state index contributed by atoms with van der Waals surface area (Å²) in [4.78, 5) is 14.3. The number of hydrogen-bond donors (Lipinski definition) is 0. The third-order valence-corrected chi connectivity index (χ3v) is 3.45. The normalized spacial score (nSPS) is 10.4. The Morgan fingerprint density at radius 2 is 1.85 bits per heavy atom. The van der Waals surface area contributed by atoms with Gasteiger partial charge in [0.2, 0.25) is 6.08 Å². The Kier molecular flexibility index (Phi) is 3.38. The minimum Gasteiger partial charge on any atom is -0.341 e. The molecule has 1 aromatic heterocycles. The van der Waals surface area contributed by atoms with Crippen LogP contribution in [-0.4, -0.2) is 10.6 Å². The van der Waals surface area contributed by atoms with E-state index in [9.17, 15) is 4.79 Å². The summed E-state index contributed by atoms with van der Waals surface area (Å²) in [7, 11) is 0. The number of nitrogens with zero attached hydrogens (tertiary/aromatic N) is 2. The molecule has 20 heavy (non-hydrogen) atoms. The summed E-state index contributed by atoms with van der Waals surface area (Å²) in [6.07, 6.45) is 3.47. The molecule has 0 bridgehead atoms. The first-order valence-corrected chi connectivity index (χ1v) is 6.56. The molecular weight excluding hydrogens is 272 g/mol. The summed E-state index contributed by atoms with van der Waals surface area (Å²) in [5, 5.41) is 1.67. The molecule has 3 aromatic rings. The van der Waals surface area contributed by atoms with Crippen molar-refractivity contribution in [3.63, 3.8) is 0 Å². The molecule has 0 fully saturated rings. The molecule has 0 spiro atoms. The van der Waals surface area contributed by atoms with Gasteiger partial charge in [-0.3, -0.25) is 0 Å². The molecule has 0 aliphatic rings. The van der Waals surface area contributed by atoms with Gasteiger partial charge in [0, 0.05) is 23.2 Å². The van der Waals surface area contributed by atoms with Crippen molar-refractivity contribution < 1.29 is 4.79 Å². The van der Waals surface area contributed by atoms with Crippen LogP contribution in [0.3, 0.4) is 0 Å². The lowest BCUT2D eigenvalue weighted by atomic mass is 10.2. The van der Waals surface area contributed by atoms with Crippen LogP contribution in [0.5, 0.6) is 0 Å². The summed E-state index contributed by atoms with van der Waals surface area (Å²) in [6.45, 7) is 0.700. The molecule has 4 heteroatoms. The van der Waals surface area contributed by atoms with Gasteiger partial charge in [-0.15, -0.1) is 0 Å². The predicted octanol–water partition coefficient (Wildman–Crippen LogP) is 4.31. The first-order chi connectivity index (χ1) is 9.78. The fourth-order valence-corrected chi connectivity index (χ4v) is 2.41. The van der Waals surface area contributed by atoms with Gasteiger partial charge in [-0.1, -0.05) is 41.9 Å². The molecule has 3 nitrogen and oxygen atoms in total. The van der Waals surface area contributed by atoms with Gasteiger partial charge in [-0.25, -0.2) is 4.79 Å². The van der Waals surface area contributed by atoms with Crippen LogP contribution in [0.25, 0.3) is 10.9 Å². The van der Waals surface area contributed by atoms with Gasteiger partial charge >= 0.3 is 0 Å². The Hall–Kier alpha value is -2.35. The van der Waals surface area contributed by atoms with Crippen LogP contribution >= 0.6 is 11.6 Å². The van der Waals surface area contributed by atoms with Crippen molar-refractivity contribution in [3.05, 3.63) is 65.3 Å². The third kappa shape index (κ3) is 2.37. The second-order valence-electron chi connectivity index (χ2n) is 4.49. The Bertz CT molecular complexity index is 799. The SMILES string of the molecule is O=C=Nc1cn(Cc2ccc(Cl)cc2)c2ccccc12. The number of aromatic nitrogens is 1. The third-order valence-electron chi connectivity index (χ3n) is 3.20. The highest BCUT2D eigenvalue weighted by Gasteiger charge is 2.07. The van der Waals surface area contributed by atoms with E-state index >= 15 is 0 Å². The van der Waals surface area contributed by atoms with Crippen molar-refractivity contribution in [2.24, 2.45) is 4.99 Å². The first kappa shape index (κ1) is 12.7. The van der Waals surface area contributed by atoms with Crippen molar-refractivity contribution >= 4 is 34.3 Å². The zero-order valence-electron chi connectivity index (χ0n) is 10.6. The Labute approximate surface area is 121 Å². The van der Waals surface area contributed by atoms with Gasteiger partial charge in [-0.2, -0.15) is 4.99 Å². The highest BCUT2D eigenvalue weighted by Crippen LogP contribution is 2.28. The van der Waals surface area contributed by atoms with E-state index in [-0.39, 0.29) is 0 Å². The summed E-state index contributed by atoms with van der Waals surface area (Å²) in [6, 6.07) is 15.6. The van der Waals surface area contributed by atoms with E-state index in [4.69, 9.17) is 11.6 Å². The number of halogens is 1. The Balaban J connectivity index is 2.07. The molecule has 2 aromatic carbocycles. The van der Waals surface area contributed by atoms with Crippen LogP contribution in [0.4, 0.5) is 5.69 Å². The highest BCUT2D eigenvalue weighted by molar-refractivity contribution is 6.30. The van der Waals surface area contributed by atoms with Crippen LogP contribution in [0, 0.1) is 0 Å². The summed E-state index contributed by atoms with van der Waals surface area (Å²) < 4.78 is 2.06. The number of fused-ring (bicyclic) bond motifs is 1. The lowest BCUT2D eigenvalue weighted by Gasteiger charge is -2.05. The van der Waals surface area contributed by atoms with E-state index in [2.05, 4.69) is 9.56 Å². The fourth-order valence-electron chi connectivity index (χ4n) is 2.28. The Morgan fingerprint density at radius 3 is 2.60 bits per heavy atom. The topological polar surface area (TPSA) is 34.4 Å². The number of carbonyl (C=O) groups excluding carboxylic acids is 1. The molecular formula is C16H11ClN2O. The highest BCUT2D eigenvalue weighted by atomic mass is 35.5. The molecule has 0 radical (unpaired) electrons. The number of aliphatic imine (C=N–C) groups is 1. The van der Waals surface area contributed by atoms with Crippen molar-refractivity contribution in [2.75, 3.05) is 0 Å². The fraction of sp³-hybridized carbons (Fsp3) is 0.0625. The number of isocyanates is 1. The van der Waals surface area contributed by atoms with E-state index in [0.29, 0.717) is 12.2 Å². The largest absolute Gasteiger partial charge is 0.341 e. The molecule has 3 rings (SSSR count). The minimum atomic E-state index is 0.643. The average Bonchev–Trinajstić information content (AvgIpc) is 2.81. The van der Waals surface area contributed by atoms with E-state index in [1.807, 2.05) is 54.7 Å². The lowest BCUT2D eigenvalue weighted by Crippen LogP contribution is -1.97. The maximum Gasteiger partial charge on any atom is 0.240 e. The molecule has 0 atom stereocenters. The summed E-state index contributed by atoms with van der Waals surface area (Å²) in [5.41, 5.74) is 2.82. The summed E-state index contributed by atoms with van der Waals surface area (Å²) >= 11 is 5.89. The molecule has 0 aliphatic heterocycles. The second-order valence-corrected chi connectivity index (χ2v) is 4.93. The monoisotopic (exact) mass is 282 g/mol. The van der Waals surface area contributed by atoms with E-state index in [0.717, 1.165) is 21.5 Å². The second kappa shape index (κ2) is 5.33. The van der Waals surface area contributed by atoms with Crippen LogP contribution in [0.1, 0.15) is 5.56 Å². The number of hydrogen-bond acceptors (Lipinski definition) is 2. The molecule has 0 saturated carbocycles. The molecule has 98 valence electrons. The van der Waals surface area contributed by atoms with Crippen LogP contribution in [-0.2, 0) is 11.3 Å². The van der Waals surface area contributed by atoms with Gasteiger partial charge in [0.1, 0.15) is 5.69 Å². The predicted molar refractivity (Wildman–Crippen MR) is 80.3 cm³/mol. The smallest absolute Gasteiger partial charge is 0.240 e. The number of benzene rings is 2. The molecule has 0 aliphatic carbocycles.